The summed E-state index contributed by atoms with van der Waals surface area (Å²) in [5.41, 5.74) is 6.49. The van der Waals surface area contributed by atoms with E-state index in [4.69, 9.17) is 5.73 Å². The summed E-state index contributed by atoms with van der Waals surface area (Å²) in [6.07, 6.45) is 6.94. The van der Waals surface area contributed by atoms with Crippen LogP contribution in [0.3, 0.4) is 0 Å². The Kier molecular flexibility index (Phi) is 3.91. The molecule has 0 aromatic heterocycles. The quantitative estimate of drug-likeness (QED) is 0.795. The van der Waals surface area contributed by atoms with Crippen molar-refractivity contribution in [1.29, 1.82) is 0 Å². The molecule has 1 unspecified atom stereocenters. The molecule has 2 N–H and O–H groups in total. The first-order valence-electron chi connectivity index (χ1n) is 7.08. The molecule has 1 saturated heterocycles. The summed E-state index contributed by atoms with van der Waals surface area (Å²) in [4.78, 5) is 2.68. The molecule has 0 aromatic carbocycles. The zero-order chi connectivity index (χ0) is 11.6. The molecular formula is C14H28N2. The van der Waals surface area contributed by atoms with Crippen LogP contribution in [0.25, 0.3) is 0 Å². The van der Waals surface area contributed by atoms with Crippen LogP contribution in [-0.2, 0) is 0 Å². The largest absolute Gasteiger partial charge is 0.330 e. The van der Waals surface area contributed by atoms with Crippen LogP contribution in [0.1, 0.15) is 46.0 Å². The van der Waals surface area contributed by atoms with E-state index < -0.39 is 0 Å². The van der Waals surface area contributed by atoms with Crippen molar-refractivity contribution in [3.05, 3.63) is 0 Å². The molecule has 94 valence electrons. The Morgan fingerprint density at radius 3 is 2.50 bits per heavy atom. The van der Waals surface area contributed by atoms with Gasteiger partial charge in [0, 0.05) is 13.1 Å². The lowest BCUT2D eigenvalue weighted by atomic mass is 9.85. The molecule has 2 rings (SSSR count). The first kappa shape index (κ1) is 12.4. The molecule has 1 atom stereocenters. The summed E-state index contributed by atoms with van der Waals surface area (Å²) < 4.78 is 0. The lowest BCUT2D eigenvalue weighted by Crippen LogP contribution is -2.40. The van der Waals surface area contributed by atoms with Crippen LogP contribution in [0.5, 0.6) is 0 Å². The van der Waals surface area contributed by atoms with Gasteiger partial charge in [0.05, 0.1) is 0 Å². The van der Waals surface area contributed by atoms with E-state index >= 15 is 0 Å². The summed E-state index contributed by atoms with van der Waals surface area (Å²) in [7, 11) is 0. The second-order valence-corrected chi connectivity index (χ2v) is 6.44. The van der Waals surface area contributed by atoms with Gasteiger partial charge in [-0.15, -0.1) is 0 Å². The van der Waals surface area contributed by atoms with E-state index in [2.05, 4.69) is 18.7 Å². The molecule has 1 aliphatic heterocycles. The molecule has 0 aromatic rings. The van der Waals surface area contributed by atoms with Crippen LogP contribution in [0.4, 0.5) is 0 Å². The van der Waals surface area contributed by atoms with Gasteiger partial charge in [-0.3, -0.25) is 0 Å². The highest BCUT2D eigenvalue weighted by molar-refractivity contribution is 4.90. The number of nitrogens with zero attached hydrogens (tertiary/aromatic N) is 1. The maximum Gasteiger partial charge on any atom is 0.00502 e. The topological polar surface area (TPSA) is 29.3 Å². The summed E-state index contributed by atoms with van der Waals surface area (Å²) in [6.45, 7) is 9.53. The number of hydrogen-bond acceptors (Lipinski definition) is 2. The van der Waals surface area contributed by atoms with E-state index in [0.29, 0.717) is 5.41 Å². The molecule has 2 fully saturated rings. The van der Waals surface area contributed by atoms with Gasteiger partial charge in [-0.1, -0.05) is 26.7 Å². The smallest absolute Gasteiger partial charge is 0.00502 e. The lowest BCUT2D eigenvalue weighted by Gasteiger charge is -2.32. The summed E-state index contributed by atoms with van der Waals surface area (Å²) >= 11 is 0. The second kappa shape index (κ2) is 5.05. The predicted molar refractivity (Wildman–Crippen MR) is 69.3 cm³/mol. The van der Waals surface area contributed by atoms with E-state index in [1.165, 1.54) is 51.7 Å². The van der Waals surface area contributed by atoms with Gasteiger partial charge in [0.1, 0.15) is 0 Å². The first-order valence-corrected chi connectivity index (χ1v) is 7.08. The fourth-order valence-corrected chi connectivity index (χ4v) is 3.58. The minimum atomic E-state index is 0.478. The van der Waals surface area contributed by atoms with Crippen LogP contribution in [-0.4, -0.2) is 31.1 Å². The monoisotopic (exact) mass is 224 g/mol. The fourth-order valence-electron chi connectivity index (χ4n) is 3.58. The molecule has 0 amide bonds. The molecule has 0 radical (unpaired) electrons. The van der Waals surface area contributed by atoms with Gasteiger partial charge in [-0.25, -0.2) is 0 Å². The Hall–Kier alpha value is -0.0800. The maximum absolute atomic E-state index is 6.01. The van der Waals surface area contributed by atoms with Gasteiger partial charge in [0.25, 0.3) is 0 Å². The zero-order valence-corrected chi connectivity index (χ0v) is 11.0. The fraction of sp³-hybridized carbons (Fsp3) is 1.00. The zero-order valence-electron chi connectivity index (χ0n) is 11.0. The maximum atomic E-state index is 6.01. The van der Waals surface area contributed by atoms with Gasteiger partial charge in [0.15, 0.2) is 0 Å². The van der Waals surface area contributed by atoms with Crippen molar-refractivity contribution in [3.8, 4) is 0 Å². The van der Waals surface area contributed by atoms with Crippen molar-refractivity contribution in [1.82, 2.24) is 4.90 Å². The molecule has 0 bridgehead atoms. The number of nitrogens with two attached hydrogens (primary N) is 1. The summed E-state index contributed by atoms with van der Waals surface area (Å²) in [6, 6.07) is 0. The second-order valence-electron chi connectivity index (χ2n) is 6.44. The van der Waals surface area contributed by atoms with Crippen LogP contribution in [0.2, 0.25) is 0 Å². The molecule has 1 aliphatic carbocycles. The highest BCUT2D eigenvalue weighted by Gasteiger charge is 2.36. The third-order valence-corrected chi connectivity index (χ3v) is 4.91. The molecule has 2 aliphatic rings. The number of rotatable bonds is 4. The van der Waals surface area contributed by atoms with E-state index in [-0.39, 0.29) is 0 Å². The molecule has 2 nitrogen and oxygen atoms in total. The van der Waals surface area contributed by atoms with Crippen molar-refractivity contribution in [3.63, 3.8) is 0 Å². The molecular weight excluding hydrogens is 196 g/mol. The Morgan fingerprint density at radius 1 is 1.31 bits per heavy atom. The SMILES string of the molecule is CC(C)C1CCN(CC2(CN)CCCC2)C1. The highest BCUT2D eigenvalue weighted by atomic mass is 15.2. The third-order valence-electron chi connectivity index (χ3n) is 4.91. The molecule has 16 heavy (non-hydrogen) atoms. The Labute approximate surface area is 101 Å². The third kappa shape index (κ3) is 2.60. The average Bonchev–Trinajstić information content (AvgIpc) is 2.88. The first-order chi connectivity index (χ1) is 7.65. The molecule has 0 spiro atoms. The van der Waals surface area contributed by atoms with Crippen LogP contribution in [0, 0.1) is 17.3 Å². The average molecular weight is 224 g/mol. The van der Waals surface area contributed by atoms with Crippen molar-refractivity contribution < 1.29 is 0 Å². The van der Waals surface area contributed by atoms with Gasteiger partial charge >= 0.3 is 0 Å². The van der Waals surface area contributed by atoms with Crippen molar-refractivity contribution in [2.24, 2.45) is 23.0 Å². The lowest BCUT2D eigenvalue weighted by molar-refractivity contribution is 0.176. The van der Waals surface area contributed by atoms with Crippen LogP contribution < -0.4 is 5.73 Å². The van der Waals surface area contributed by atoms with Crippen molar-refractivity contribution >= 4 is 0 Å². The minimum absolute atomic E-state index is 0.478. The van der Waals surface area contributed by atoms with Crippen LogP contribution >= 0.6 is 0 Å². The predicted octanol–water partition coefficient (Wildman–Crippen LogP) is 2.48. The highest BCUT2D eigenvalue weighted by Crippen LogP contribution is 2.39. The standard InChI is InChI=1S/C14H28N2/c1-12(2)13-5-8-16(9-13)11-14(10-15)6-3-4-7-14/h12-13H,3-11,15H2,1-2H3. The van der Waals surface area contributed by atoms with E-state index in [1.807, 2.05) is 0 Å². The Morgan fingerprint density at radius 2 is 2.00 bits per heavy atom. The minimum Gasteiger partial charge on any atom is -0.330 e. The van der Waals surface area contributed by atoms with Crippen LogP contribution in [0.15, 0.2) is 0 Å². The molecule has 1 heterocycles. The van der Waals surface area contributed by atoms with E-state index in [1.54, 1.807) is 0 Å². The number of hydrogen-bond donors (Lipinski definition) is 1. The van der Waals surface area contributed by atoms with Crippen molar-refractivity contribution in [2.75, 3.05) is 26.2 Å². The summed E-state index contributed by atoms with van der Waals surface area (Å²) in [5, 5.41) is 0. The van der Waals surface area contributed by atoms with Crippen molar-refractivity contribution in [2.45, 2.75) is 46.0 Å². The summed E-state index contributed by atoms with van der Waals surface area (Å²) in [5.74, 6) is 1.78. The normalized spacial score (nSPS) is 30.4. The molecule has 1 saturated carbocycles. The van der Waals surface area contributed by atoms with Gasteiger partial charge in [-0.05, 0) is 49.6 Å². The molecule has 2 heteroatoms. The number of likely N-dealkylation sites (tertiary alicyclic amines) is 1. The van der Waals surface area contributed by atoms with Gasteiger partial charge in [0.2, 0.25) is 0 Å². The van der Waals surface area contributed by atoms with Gasteiger partial charge < -0.3 is 10.6 Å². The Balaban J connectivity index is 1.86. The Bertz CT molecular complexity index is 219. The van der Waals surface area contributed by atoms with E-state index in [0.717, 1.165) is 18.4 Å². The van der Waals surface area contributed by atoms with E-state index in [9.17, 15) is 0 Å². The van der Waals surface area contributed by atoms with Gasteiger partial charge in [-0.2, -0.15) is 0 Å².